The summed E-state index contributed by atoms with van der Waals surface area (Å²) >= 11 is 32.6. The summed E-state index contributed by atoms with van der Waals surface area (Å²) in [6.07, 6.45) is 4.15. The molecule has 0 bridgehead atoms. The van der Waals surface area contributed by atoms with Gasteiger partial charge in [-0.2, -0.15) is 0 Å². The van der Waals surface area contributed by atoms with Gasteiger partial charge in [-0.3, -0.25) is 9.59 Å². The summed E-state index contributed by atoms with van der Waals surface area (Å²) < 4.78 is 123. The first kappa shape index (κ1) is 96.1. The summed E-state index contributed by atoms with van der Waals surface area (Å²) in [5, 5.41) is 5.94. The molecule has 0 spiro atoms. The first-order chi connectivity index (χ1) is 56.5. The Morgan fingerprint density at radius 2 is 0.729 bits per heavy atom. The van der Waals surface area contributed by atoms with Gasteiger partial charge in [-0.25, -0.2) is 44.2 Å². The first-order valence-electron chi connectivity index (χ1n) is 40.2. The Balaban J connectivity index is 0.635. The lowest BCUT2D eigenvalue weighted by atomic mass is 9.84. The maximum atomic E-state index is 13.4. The van der Waals surface area contributed by atoms with Crippen molar-refractivity contribution >= 4 is 106 Å². The number of ether oxygens (including phenoxy) is 6. The fourth-order valence-electron chi connectivity index (χ4n) is 14.8. The second-order valence-corrected chi connectivity index (χ2v) is 37.8. The third-order valence-corrected chi connectivity index (χ3v) is 27.0. The summed E-state index contributed by atoms with van der Waals surface area (Å²) in [4.78, 5) is 53.8. The normalized spacial score (nSPS) is 16.1. The minimum atomic E-state index is -3.85. The third kappa shape index (κ3) is 29.8. The van der Waals surface area contributed by atoms with Crippen LogP contribution in [0.4, 0.5) is 4.79 Å². The number of hydrogen-bond acceptors (Lipinski definition) is 19. The number of urea groups is 1. The largest absolute Gasteiger partial charge is 0.378 e. The van der Waals surface area contributed by atoms with Crippen molar-refractivity contribution in [3.05, 3.63) is 190 Å². The van der Waals surface area contributed by atoms with Gasteiger partial charge in [-0.15, -0.1) is 0 Å². The molecule has 0 aromatic heterocycles. The number of unbranched alkanes of at least 4 members (excludes halogenated alkanes) is 2. The minimum absolute atomic E-state index is 0.0103. The lowest BCUT2D eigenvalue weighted by molar-refractivity contribution is -0.131. The second-order valence-electron chi connectivity index (χ2n) is 30.5. The van der Waals surface area contributed by atoms with Crippen molar-refractivity contribution in [1.29, 1.82) is 0 Å². The molecule has 0 saturated carbocycles. The molecule has 4 amide bonds. The molecule has 4 N–H and O–H groups in total. The van der Waals surface area contributed by atoms with Gasteiger partial charge in [0.15, 0.2) is 0 Å². The van der Waals surface area contributed by atoms with Crippen LogP contribution in [0, 0.1) is 6.92 Å². The van der Waals surface area contributed by atoms with Gasteiger partial charge >= 0.3 is 6.03 Å². The molecule has 3 atom stereocenters. The van der Waals surface area contributed by atoms with Crippen LogP contribution in [0.25, 0.3) is 0 Å². The molecule has 6 aromatic carbocycles. The molecule has 0 unspecified atom stereocenters. The molecular formula is C84H116Cl5N11O15S3. The van der Waals surface area contributed by atoms with Gasteiger partial charge < -0.3 is 68.0 Å². The number of likely N-dealkylation sites (N-methyl/N-ethyl adjacent to an activating group) is 6. The number of nitrogens with zero attached hydrogens (tertiary/aromatic N) is 7. The zero-order valence-electron chi connectivity index (χ0n) is 68.7. The average Bonchev–Trinajstić information content (AvgIpc) is 0.783. The van der Waals surface area contributed by atoms with Crippen LogP contribution in [-0.2, 0) is 87.7 Å². The van der Waals surface area contributed by atoms with E-state index in [4.69, 9.17) is 86.4 Å². The molecule has 3 aliphatic rings. The van der Waals surface area contributed by atoms with Crippen LogP contribution in [0.1, 0.15) is 118 Å². The van der Waals surface area contributed by atoms with E-state index in [1.807, 2.05) is 64.5 Å². The summed E-state index contributed by atoms with van der Waals surface area (Å²) in [6, 6.07) is 32.0. The first-order valence-corrected chi connectivity index (χ1v) is 46.6. The van der Waals surface area contributed by atoms with Crippen molar-refractivity contribution in [3.8, 4) is 0 Å². The van der Waals surface area contributed by atoms with Gasteiger partial charge in [-0.1, -0.05) is 100 Å². The predicted octanol–water partition coefficient (Wildman–Crippen LogP) is 10.9. The fraction of sp³-hybridized carbons (Fsp3) is 0.536. The second kappa shape index (κ2) is 47.8. The molecule has 0 aliphatic carbocycles. The highest BCUT2D eigenvalue weighted by atomic mass is 35.5. The van der Waals surface area contributed by atoms with E-state index in [-0.39, 0.29) is 136 Å². The standard InChI is InChI=1S/C84H116Cl5N11O15S3/c1-61-46-70-73(55-94(2)58-76(70)79(87)47-61)62-16-12-19-67(48-62)116(104,105)91-25-34-110-40-43-113-37-31-97(5)82(101)22-8-10-28-100(29-11-9-23-83(102)98(6)32-38-114-44-41-111-35-26-92-117(106,107)68-20-13-17-63(49-68)74-56-95(3)59-77-71(74)51-65(85)53-80(77)88)30-15-24-90-84(103)99(7)33-39-115-45-42-112-36-27-93-118(108,109)69-21-14-18-64(50-69)75-57-96(4)60-78-72(75)52-66(86)54-81(78)89/h12-14,16-21,46-54,73-75,91-93H,8-11,15,22-45,55-60H2,1-7H3,(H,90,103)/t73-,74-,75-/m0/s1. The van der Waals surface area contributed by atoms with Crippen LogP contribution in [0.3, 0.4) is 0 Å². The van der Waals surface area contributed by atoms with E-state index in [9.17, 15) is 39.6 Å². The summed E-state index contributed by atoms with van der Waals surface area (Å²) in [5.41, 5.74) is 9.74. The van der Waals surface area contributed by atoms with Gasteiger partial charge in [0.25, 0.3) is 0 Å². The number of nitrogens with one attached hydrogen (secondary N) is 4. The van der Waals surface area contributed by atoms with E-state index in [1.165, 1.54) is 0 Å². The van der Waals surface area contributed by atoms with Gasteiger partial charge in [0, 0.05) is 162 Å². The zero-order chi connectivity index (χ0) is 84.9. The number of sulfonamides is 3. The molecule has 26 nitrogen and oxygen atoms in total. The molecule has 0 radical (unpaired) electrons. The van der Waals surface area contributed by atoms with Crippen LogP contribution in [0.2, 0.25) is 25.1 Å². The van der Waals surface area contributed by atoms with E-state index >= 15 is 0 Å². The van der Waals surface area contributed by atoms with Gasteiger partial charge in [0.1, 0.15) is 0 Å². The summed E-state index contributed by atoms with van der Waals surface area (Å²) in [7, 11) is -0.304. The Kier molecular flexibility index (Phi) is 39.0. The predicted molar refractivity (Wildman–Crippen MR) is 464 cm³/mol. The number of fused-ring (bicyclic) bond motifs is 3. The van der Waals surface area contributed by atoms with Crippen LogP contribution in [0.5, 0.6) is 0 Å². The highest BCUT2D eigenvalue weighted by molar-refractivity contribution is 7.90. The highest BCUT2D eigenvalue weighted by Crippen LogP contribution is 2.42. The number of hydrogen-bond donors (Lipinski definition) is 4. The van der Waals surface area contributed by atoms with E-state index in [1.54, 1.807) is 103 Å². The van der Waals surface area contributed by atoms with Crippen LogP contribution in [-0.4, -0.2) is 284 Å². The van der Waals surface area contributed by atoms with E-state index in [2.05, 4.69) is 45.1 Å². The van der Waals surface area contributed by atoms with Crippen molar-refractivity contribution in [2.24, 2.45) is 0 Å². The minimum Gasteiger partial charge on any atom is -0.378 e. The fourth-order valence-corrected chi connectivity index (χ4v) is 19.4. The van der Waals surface area contributed by atoms with E-state index in [0.29, 0.717) is 142 Å². The quantitative estimate of drug-likeness (QED) is 0.0258. The highest BCUT2D eigenvalue weighted by Gasteiger charge is 2.32. The van der Waals surface area contributed by atoms with Crippen LogP contribution >= 0.6 is 58.0 Å². The number of aryl methyl sites for hydroxylation is 1. The molecule has 118 heavy (non-hydrogen) atoms. The topological polar surface area (TPSA) is 280 Å². The smallest absolute Gasteiger partial charge is 0.317 e. The van der Waals surface area contributed by atoms with Crippen LogP contribution < -0.4 is 19.5 Å². The molecule has 9 rings (SSSR count). The number of carbonyl (C=O) groups excluding carboxylic acids is 3. The van der Waals surface area contributed by atoms with Gasteiger partial charge in [0.05, 0.1) is 94.0 Å². The monoisotopic (exact) mass is 1790 g/mol. The van der Waals surface area contributed by atoms with Crippen LogP contribution in [0.15, 0.2) is 124 Å². The Bertz CT molecular complexity index is 4190. The maximum absolute atomic E-state index is 13.4. The summed E-state index contributed by atoms with van der Waals surface area (Å²) in [5.74, 6) is -0.297. The lowest BCUT2D eigenvalue weighted by Crippen LogP contribution is -2.40. The number of halogens is 5. The number of carbonyl (C=O) groups is 3. The van der Waals surface area contributed by atoms with E-state index in [0.717, 1.165) is 81.6 Å². The van der Waals surface area contributed by atoms with Crippen molar-refractivity contribution in [1.82, 2.24) is 53.8 Å². The lowest BCUT2D eigenvalue weighted by Gasteiger charge is -2.33. The number of benzene rings is 6. The van der Waals surface area contributed by atoms with Crippen molar-refractivity contribution in [3.63, 3.8) is 0 Å². The number of amides is 4. The average molecular weight is 1790 g/mol. The Morgan fingerprint density at radius 3 is 1.10 bits per heavy atom. The zero-order valence-corrected chi connectivity index (χ0v) is 75.0. The Labute approximate surface area is 723 Å². The van der Waals surface area contributed by atoms with Crippen molar-refractivity contribution < 1.29 is 68.1 Å². The Morgan fingerprint density at radius 1 is 0.398 bits per heavy atom. The molecule has 0 saturated heterocycles. The third-order valence-electron chi connectivity index (χ3n) is 21.2. The van der Waals surface area contributed by atoms with Gasteiger partial charge in [-0.05, 0) is 202 Å². The molecular weight excluding hydrogens is 1680 g/mol. The molecule has 34 heteroatoms. The SMILES string of the molecule is Cc1cc(Cl)c2c(c1)[C@H](c1cccc(S(=O)(=O)NCCOCCOCCN(C)C(=O)CCCCN(CCCCC(=O)N(C)CCOCCOCCNS(=O)(=O)c3cccc([C@@H]4CN(C)Cc5c(Cl)cc(Cl)cc54)c3)CCCNC(=O)N(C)CCOCCOCCNS(=O)(=O)c3cccc([C@@H]4CN(C)Cc5c(Cl)cc(Cl)cc54)c3)c1)CN(C)C2. The molecule has 0 fully saturated rings. The number of rotatable bonds is 50. The van der Waals surface area contributed by atoms with Gasteiger partial charge in [0.2, 0.25) is 41.9 Å². The maximum Gasteiger partial charge on any atom is 0.317 e. The molecule has 3 heterocycles. The molecule has 3 aliphatic heterocycles. The van der Waals surface area contributed by atoms with E-state index < -0.39 is 30.1 Å². The van der Waals surface area contributed by atoms with Crippen molar-refractivity contribution in [2.75, 3.05) is 207 Å². The summed E-state index contributed by atoms with van der Waals surface area (Å²) in [6.45, 7) is 12.6. The molecule has 650 valence electrons. The Hall–Kier alpha value is -5.69. The molecule has 6 aromatic rings. The van der Waals surface area contributed by atoms with Crippen molar-refractivity contribution in [2.45, 2.75) is 104 Å².